The molecule has 0 aliphatic carbocycles. The Labute approximate surface area is 130 Å². The third kappa shape index (κ3) is 3.15. The van der Waals surface area contributed by atoms with Crippen LogP contribution in [0.3, 0.4) is 0 Å². The summed E-state index contributed by atoms with van der Waals surface area (Å²) in [5, 5.41) is 11.8. The van der Waals surface area contributed by atoms with Crippen molar-refractivity contribution in [1.29, 1.82) is 5.26 Å². The van der Waals surface area contributed by atoms with E-state index in [0.717, 1.165) is 4.47 Å². The van der Waals surface area contributed by atoms with E-state index in [0.29, 0.717) is 28.3 Å². The Kier molecular flexibility index (Phi) is 4.45. The average Bonchev–Trinajstić information content (AvgIpc) is 2.47. The summed E-state index contributed by atoms with van der Waals surface area (Å²) in [6.45, 7) is 0. The first-order chi connectivity index (χ1) is 10.1. The maximum absolute atomic E-state index is 12.4. The number of nitrogens with zero attached hydrogens (tertiary/aromatic N) is 1. The van der Waals surface area contributed by atoms with E-state index in [2.05, 4.69) is 21.2 Å². The molecule has 0 atom stereocenters. The normalized spacial score (nSPS) is 9.76. The molecule has 0 heterocycles. The first-order valence-electron chi connectivity index (χ1n) is 6.00. The van der Waals surface area contributed by atoms with Crippen molar-refractivity contribution in [3.63, 3.8) is 0 Å². The molecule has 6 heteroatoms. The number of amides is 1. The number of halogens is 1. The second kappa shape index (κ2) is 6.29. The number of nitriles is 1. The van der Waals surface area contributed by atoms with Crippen LogP contribution >= 0.6 is 15.9 Å². The van der Waals surface area contributed by atoms with E-state index in [1.807, 2.05) is 6.07 Å². The molecule has 2 rings (SSSR count). The van der Waals surface area contributed by atoms with Gasteiger partial charge in [-0.05, 0) is 30.3 Å². The zero-order valence-corrected chi connectivity index (χ0v) is 12.8. The van der Waals surface area contributed by atoms with Crippen molar-refractivity contribution in [2.45, 2.75) is 0 Å². The molecular weight excluding hydrogens is 334 g/mol. The summed E-state index contributed by atoms with van der Waals surface area (Å²) < 4.78 is 5.92. The molecule has 0 aromatic heterocycles. The maximum atomic E-state index is 12.4. The number of benzene rings is 2. The highest BCUT2D eigenvalue weighted by molar-refractivity contribution is 9.10. The Morgan fingerprint density at radius 2 is 2.14 bits per heavy atom. The molecule has 0 saturated heterocycles. The van der Waals surface area contributed by atoms with E-state index in [9.17, 15) is 4.79 Å². The second-order valence-electron chi connectivity index (χ2n) is 4.18. The Morgan fingerprint density at radius 3 is 2.81 bits per heavy atom. The van der Waals surface area contributed by atoms with Crippen LogP contribution in [0, 0.1) is 11.3 Å². The zero-order chi connectivity index (χ0) is 15.4. The van der Waals surface area contributed by atoms with Gasteiger partial charge in [-0.2, -0.15) is 5.26 Å². The zero-order valence-electron chi connectivity index (χ0n) is 11.2. The number of nitrogens with one attached hydrogen (secondary N) is 1. The van der Waals surface area contributed by atoms with Crippen LogP contribution in [-0.2, 0) is 0 Å². The predicted molar refractivity (Wildman–Crippen MR) is 84.2 cm³/mol. The summed E-state index contributed by atoms with van der Waals surface area (Å²) in [6, 6.07) is 12.0. The minimum atomic E-state index is -0.395. The number of rotatable bonds is 3. The minimum absolute atomic E-state index is 0.307. The van der Waals surface area contributed by atoms with Crippen LogP contribution in [0.1, 0.15) is 15.9 Å². The van der Waals surface area contributed by atoms with E-state index < -0.39 is 5.91 Å². The van der Waals surface area contributed by atoms with Gasteiger partial charge in [-0.25, -0.2) is 0 Å². The van der Waals surface area contributed by atoms with E-state index >= 15 is 0 Å². The molecular formula is C15H12BrN3O2. The van der Waals surface area contributed by atoms with Crippen LogP contribution in [-0.4, -0.2) is 13.0 Å². The molecule has 5 nitrogen and oxygen atoms in total. The third-order valence-electron chi connectivity index (χ3n) is 2.84. The van der Waals surface area contributed by atoms with Gasteiger partial charge in [0.1, 0.15) is 6.07 Å². The van der Waals surface area contributed by atoms with Gasteiger partial charge in [-0.3, -0.25) is 4.79 Å². The number of methoxy groups -OCH3 is 1. The lowest BCUT2D eigenvalue weighted by atomic mass is 10.1. The molecule has 2 aromatic rings. The topological polar surface area (TPSA) is 88.1 Å². The molecule has 0 unspecified atom stereocenters. The molecule has 106 valence electrons. The van der Waals surface area contributed by atoms with Crippen LogP contribution in [0.25, 0.3) is 0 Å². The largest absolute Gasteiger partial charge is 0.494 e. The number of anilines is 2. The SMILES string of the molecule is COc1c(N)cccc1C(=O)Nc1cc(Br)ccc1C#N. The first kappa shape index (κ1) is 14.9. The lowest BCUT2D eigenvalue weighted by molar-refractivity contribution is 0.102. The van der Waals surface area contributed by atoms with Gasteiger partial charge < -0.3 is 15.8 Å². The lowest BCUT2D eigenvalue weighted by Crippen LogP contribution is -2.14. The second-order valence-corrected chi connectivity index (χ2v) is 5.10. The quantitative estimate of drug-likeness (QED) is 0.836. The molecule has 0 saturated carbocycles. The number of nitrogen functional groups attached to an aromatic ring is 1. The third-order valence-corrected chi connectivity index (χ3v) is 3.34. The van der Waals surface area contributed by atoms with Crippen molar-refractivity contribution in [1.82, 2.24) is 0 Å². The highest BCUT2D eigenvalue weighted by Crippen LogP contribution is 2.28. The fourth-order valence-corrected chi connectivity index (χ4v) is 2.23. The molecule has 0 spiro atoms. The summed E-state index contributed by atoms with van der Waals surface area (Å²) >= 11 is 3.31. The van der Waals surface area contributed by atoms with Crippen molar-refractivity contribution in [3.8, 4) is 11.8 Å². The van der Waals surface area contributed by atoms with Crippen molar-refractivity contribution in [2.24, 2.45) is 0 Å². The van der Waals surface area contributed by atoms with Gasteiger partial charge in [0, 0.05) is 4.47 Å². The number of para-hydroxylation sites is 1. The molecule has 3 N–H and O–H groups in total. The maximum Gasteiger partial charge on any atom is 0.259 e. The van der Waals surface area contributed by atoms with Crippen molar-refractivity contribution >= 4 is 33.2 Å². The minimum Gasteiger partial charge on any atom is -0.494 e. The lowest BCUT2D eigenvalue weighted by Gasteiger charge is -2.12. The number of ether oxygens (including phenoxy) is 1. The van der Waals surface area contributed by atoms with Gasteiger partial charge in [-0.1, -0.05) is 22.0 Å². The summed E-state index contributed by atoms with van der Waals surface area (Å²) in [5.74, 6) is -0.0859. The van der Waals surface area contributed by atoms with Crippen molar-refractivity contribution < 1.29 is 9.53 Å². The summed E-state index contributed by atoms with van der Waals surface area (Å²) in [5.41, 5.74) is 7.25. The summed E-state index contributed by atoms with van der Waals surface area (Å²) in [4.78, 5) is 12.4. The van der Waals surface area contributed by atoms with Gasteiger partial charge in [0.25, 0.3) is 5.91 Å². The Morgan fingerprint density at radius 1 is 1.38 bits per heavy atom. The fraction of sp³-hybridized carbons (Fsp3) is 0.0667. The Hall–Kier alpha value is -2.52. The van der Waals surface area contributed by atoms with E-state index in [1.54, 1.807) is 36.4 Å². The van der Waals surface area contributed by atoms with Crippen LogP contribution in [0.4, 0.5) is 11.4 Å². The standard InChI is InChI=1S/C15H12BrN3O2/c1-21-14-11(3-2-4-12(14)18)15(20)19-13-7-10(16)6-5-9(13)8-17/h2-7H,18H2,1H3,(H,19,20). The van der Waals surface area contributed by atoms with Gasteiger partial charge in [0.2, 0.25) is 0 Å². The number of hydrogen-bond acceptors (Lipinski definition) is 4. The summed E-state index contributed by atoms with van der Waals surface area (Å²) in [6.07, 6.45) is 0. The molecule has 0 radical (unpaired) electrons. The Bertz CT molecular complexity index is 738. The molecule has 2 aromatic carbocycles. The van der Waals surface area contributed by atoms with Gasteiger partial charge in [0.15, 0.2) is 5.75 Å². The monoisotopic (exact) mass is 345 g/mol. The molecule has 0 fully saturated rings. The van der Waals surface area contributed by atoms with E-state index in [1.165, 1.54) is 7.11 Å². The highest BCUT2D eigenvalue weighted by Gasteiger charge is 2.16. The first-order valence-corrected chi connectivity index (χ1v) is 6.79. The van der Waals surface area contributed by atoms with Crippen molar-refractivity contribution in [2.75, 3.05) is 18.2 Å². The number of nitrogens with two attached hydrogens (primary N) is 1. The van der Waals surface area contributed by atoms with Gasteiger partial charge in [-0.15, -0.1) is 0 Å². The number of hydrogen-bond donors (Lipinski definition) is 2. The average molecular weight is 346 g/mol. The van der Waals surface area contributed by atoms with Crippen molar-refractivity contribution in [3.05, 3.63) is 52.0 Å². The van der Waals surface area contributed by atoms with Crippen LogP contribution < -0.4 is 15.8 Å². The summed E-state index contributed by atoms with van der Waals surface area (Å²) in [7, 11) is 1.45. The highest BCUT2D eigenvalue weighted by atomic mass is 79.9. The van der Waals surface area contributed by atoms with E-state index in [4.69, 9.17) is 15.7 Å². The van der Waals surface area contributed by atoms with Crippen LogP contribution in [0.2, 0.25) is 0 Å². The number of carbonyl (C=O) groups is 1. The predicted octanol–water partition coefficient (Wildman–Crippen LogP) is 3.16. The fourth-order valence-electron chi connectivity index (χ4n) is 1.87. The molecule has 0 bridgehead atoms. The molecule has 1 amide bonds. The van der Waals surface area contributed by atoms with Crippen LogP contribution in [0.5, 0.6) is 5.75 Å². The van der Waals surface area contributed by atoms with Gasteiger partial charge >= 0.3 is 0 Å². The molecule has 21 heavy (non-hydrogen) atoms. The molecule has 0 aliphatic rings. The van der Waals surface area contributed by atoms with E-state index in [-0.39, 0.29) is 0 Å². The Balaban J connectivity index is 2.38. The van der Waals surface area contributed by atoms with Crippen LogP contribution in [0.15, 0.2) is 40.9 Å². The number of carbonyl (C=O) groups excluding carboxylic acids is 1. The van der Waals surface area contributed by atoms with Gasteiger partial charge in [0.05, 0.1) is 29.6 Å². The molecule has 0 aliphatic heterocycles. The smallest absolute Gasteiger partial charge is 0.259 e.